The molecule has 1 amide bonds. The fourth-order valence-corrected chi connectivity index (χ4v) is 4.18. The van der Waals surface area contributed by atoms with E-state index in [2.05, 4.69) is 36.9 Å². The summed E-state index contributed by atoms with van der Waals surface area (Å²) in [6, 6.07) is 11.3. The molecule has 0 aliphatic carbocycles. The number of hydrogen-bond donors (Lipinski definition) is 0. The molecule has 0 N–H and O–H groups in total. The van der Waals surface area contributed by atoms with Crippen molar-refractivity contribution >= 4 is 21.4 Å². The maximum atomic E-state index is 13.0. The van der Waals surface area contributed by atoms with Crippen molar-refractivity contribution in [3.8, 4) is 0 Å². The van der Waals surface area contributed by atoms with Gasteiger partial charge in [-0.25, -0.2) is 8.42 Å². The molecule has 2 aromatic carbocycles. The number of aryl methyl sites for hydroxylation is 3. The van der Waals surface area contributed by atoms with Gasteiger partial charge in [0, 0.05) is 43.7 Å². The standard InChI is InChI=1S/C21H26N2O3S/c1-15-11-16(2)13-18(12-15)22-7-9-23(10-8-22)21(24)20-14-19(27(4,25)26)6-5-17(20)3/h5-6,11-14H,7-10H2,1-4H3. The molecule has 0 spiro atoms. The fraction of sp³-hybridized carbons (Fsp3) is 0.381. The van der Waals surface area contributed by atoms with Crippen LogP contribution in [-0.2, 0) is 9.84 Å². The van der Waals surface area contributed by atoms with E-state index in [0.717, 1.165) is 24.9 Å². The minimum atomic E-state index is -3.34. The Bertz CT molecular complexity index is 955. The maximum absolute atomic E-state index is 13.0. The molecule has 0 aromatic heterocycles. The molecule has 0 saturated carbocycles. The summed E-state index contributed by atoms with van der Waals surface area (Å²) in [5.74, 6) is -0.0990. The minimum absolute atomic E-state index is 0.0990. The summed E-state index contributed by atoms with van der Waals surface area (Å²) in [5.41, 5.74) is 4.92. The van der Waals surface area contributed by atoms with E-state index in [1.807, 2.05) is 11.8 Å². The number of carbonyl (C=O) groups is 1. The summed E-state index contributed by atoms with van der Waals surface area (Å²) < 4.78 is 23.6. The Hall–Kier alpha value is -2.34. The molecule has 6 heteroatoms. The van der Waals surface area contributed by atoms with Gasteiger partial charge in [-0.05, 0) is 61.7 Å². The van der Waals surface area contributed by atoms with E-state index < -0.39 is 9.84 Å². The Labute approximate surface area is 161 Å². The number of hydrogen-bond acceptors (Lipinski definition) is 4. The Morgan fingerprint density at radius 1 is 0.889 bits per heavy atom. The molecule has 5 nitrogen and oxygen atoms in total. The van der Waals surface area contributed by atoms with E-state index in [0.29, 0.717) is 18.7 Å². The normalized spacial score (nSPS) is 15.1. The van der Waals surface area contributed by atoms with Crippen LogP contribution >= 0.6 is 0 Å². The molecule has 1 fully saturated rings. The lowest BCUT2D eigenvalue weighted by atomic mass is 10.1. The second-order valence-electron chi connectivity index (χ2n) is 7.37. The van der Waals surface area contributed by atoms with Gasteiger partial charge in [0.05, 0.1) is 4.90 Å². The van der Waals surface area contributed by atoms with E-state index >= 15 is 0 Å². The van der Waals surface area contributed by atoms with Crippen molar-refractivity contribution in [2.24, 2.45) is 0 Å². The van der Waals surface area contributed by atoms with Gasteiger partial charge in [0.25, 0.3) is 5.91 Å². The van der Waals surface area contributed by atoms with Gasteiger partial charge in [-0.3, -0.25) is 4.79 Å². The van der Waals surface area contributed by atoms with E-state index in [-0.39, 0.29) is 10.8 Å². The van der Waals surface area contributed by atoms with Crippen molar-refractivity contribution in [2.75, 3.05) is 37.3 Å². The molecule has 27 heavy (non-hydrogen) atoms. The molecule has 1 heterocycles. The average Bonchev–Trinajstić information content (AvgIpc) is 2.60. The van der Waals surface area contributed by atoms with Crippen LogP contribution in [-0.4, -0.2) is 51.7 Å². The summed E-state index contributed by atoms with van der Waals surface area (Å²) in [6.45, 7) is 8.79. The Morgan fingerprint density at radius 3 is 2.04 bits per heavy atom. The lowest BCUT2D eigenvalue weighted by Crippen LogP contribution is -2.49. The van der Waals surface area contributed by atoms with Crippen molar-refractivity contribution in [3.63, 3.8) is 0 Å². The number of anilines is 1. The van der Waals surface area contributed by atoms with E-state index in [9.17, 15) is 13.2 Å². The largest absolute Gasteiger partial charge is 0.368 e. The second kappa shape index (κ2) is 7.35. The van der Waals surface area contributed by atoms with E-state index in [1.54, 1.807) is 12.1 Å². The van der Waals surface area contributed by atoms with Crippen LogP contribution in [0.5, 0.6) is 0 Å². The molecule has 0 atom stereocenters. The van der Waals surface area contributed by atoms with Gasteiger partial charge in [0.1, 0.15) is 0 Å². The van der Waals surface area contributed by atoms with Gasteiger partial charge in [-0.2, -0.15) is 0 Å². The van der Waals surface area contributed by atoms with Crippen molar-refractivity contribution < 1.29 is 13.2 Å². The van der Waals surface area contributed by atoms with Crippen LogP contribution in [0.1, 0.15) is 27.0 Å². The van der Waals surface area contributed by atoms with Gasteiger partial charge in [-0.1, -0.05) is 12.1 Å². The van der Waals surface area contributed by atoms with Crippen LogP contribution in [0.25, 0.3) is 0 Å². The van der Waals surface area contributed by atoms with Gasteiger partial charge in [0.2, 0.25) is 0 Å². The summed E-state index contributed by atoms with van der Waals surface area (Å²) in [4.78, 5) is 17.3. The molecule has 1 aliphatic rings. The Kier molecular flexibility index (Phi) is 5.29. The third-order valence-corrected chi connectivity index (χ3v) is 6.12. The molecule has 1 aliphatic heterocycles. The number of nitrogens with zero attached hydrogens (tertiary/aromatic N) is 2. The van der Waals surface area contributed by atoms with Gasteiger partial charge >= 0.3 is 0 Å². The minimum Gasteiger partial charge on any atom is -0.368 e. The highest BCUT2D eigenvalue weighted by Crippen LogP contribution is 2.22. The number of rotatable bonds is 3. The molecule has 3 rings (SSSR count). The topological polar surface area (TPSA) is 57.7 Å². The van der Waals surface area contributed by atoms with Crippen LogP contribution < -0.4 is 4.90 Å². The van der Waals surface area contributed by atoms with Crippen molar-refractivity contribution in [1.82, 2.24) is 4.90 Å². The highest BCUT2D eigenvalue weighted by Gasteiger charge is 2.24. The highest BCUT2D eigenvalue weighted by molar-refractivity contribution is 7.90. The molecule has 1 saturated heterocycles. The second-order valence-corrected chi connectivity index (χ2v) is 9.39. The van der Waals surface area contributed by atoms with Crippen LogP contribution in [0.3, 0.4) is 0 Å². The average molecular weight is 387 g/mol. The fourth-order valence-electron chi connectivity index (χ4n) is 3.53. The number of carbonyl (C=O) groups excluding carboxylic acids is 1. The molecule has 0 radical (unpaired) electrons. The van der Waals surface area contributed by atoms with Crippen LogP contribution in [0, 0.1) is 20.8 Å². The first kappa shape index (κ1) is 19.4. The SMILES string of the molecule is Cc1cc(C)cc(N2CCN(C(=O)c3cc(S(C)(=O)=O)ccc3C)CC2)c1. The summed E-state index contributed by atoms with van der Waals surface area (Å²) in [6.07, 6.45) is 1.16. The maximum Gasteiger partial charge on any atom is 0.254 e. The quantitative estimate of drug-likeness (QED) is 0.814. The third-order valence-electron chi connectivity index (χ3n) is 5.01. The zero-order valence-corrected chi connectivity index (χ0v) is 17.1. The van der Waals surface area contributed by atoms with E-state index in [4.69, 9.17) is 0 Å². The van der Waals surface area contributed by atoms with Gasteiger partial charge < -0.3 is 9.80 Å². The number of amides is 1. The van der Waals surface area contributed by atoms with Crippen molar-refractivity contribution in [1.29, 1.82) is 0 Å². The monoisotopic (exact) mass is 386 g/mol. The Morgan fingerprint density at radius 2 is 1.48 bits per heavy atom. The first-order chi connectivity index (χ1) is 12.6. The third kappa shape index (κ3) is 4.33. The molecule has 0 bridgehead atoms. The highest BCUT2D eigenvalue weighted by atomic mass is 32.2. The summed E-state index contributed by atoms with van der Waals surface area (Å²) >= 11 is 0. The van der Waals surface area contributed by atoms with E-state index in [1.165, 1.54) is 22.9 Å². The van der Waals surface area contributed by atoms with Gasteiger partial charge in [-0.15, -0.1) is 0 Å². The number of sulfone groups is 1. The predicted molar refractivity (Wildman–Crippen MR) is 108 cm³/mol. The summed E-state index contributed by atoms with van der Waals surface area (Å²) in [5, 5.41) is 0. The Balaban J connectivity index is 1.75. The van der Waals surface area contributed by atoms with Crippen LogP contribution in [0.4, 0.5) is 5.69 Å². The predicted octanol–water partition coefficient (Wildman–Crippen LogP) is 2.98. The molecule has 0 unspecified atom stereocenters. The van der Waals surface area contributed by atoms with Crippen molar-refractivity contribution in [3.05, 3.63) is 58.7 Å². The smallest absolute Gasteiger partial charge is 0.254 e. The molecular formula is C21H26N2O3S. The van der Waals surface area contributed by atoms with Gasteiger partial charge in [0.15, 0.2) is 9.84 Å². The zero-order chi connectivity index (χ0) is 19.8. The number of piperazine rings is 1. The first-order valence-corrected chi connectivity index (χ1v) is 11.0. The molecule has 2 aromatic rings. The summed E-state index contributed by atoms with van der Waals surface area (Å²) in [7, 11) is -3.34. The molecular weight excluding hydrogens is 360 g/mol. The lowest BCUT2D eigenvalue weighted by molar-refractivity contribution is 0.0746. The first-order valence-electron chi connectivity index (χ1n) is 9.08. The van der Waals surface area contributed by atoms with Crippen molar-refractivity contribution in [2.45, 2.75) is 25.7 Å². The van der Waals surface area contributed by atoms with Crippen LogP contribution in [0.15, 0.2) is 41.3 Å². The molecule has 144 valence electrons. The zero-order valence-electron chi connectivity index (χ0n) is 16.3. The number of benzene rings is 2. The lowest BCUT2D eigenvalue weighted by Gasteiger charge is -2.36. The van der Waals surface area contributed by atoms with Crippen LogP contribution in [0.2, 0.25) is 0 Å².